The van der Waals surface area contributed by atoms with E-state index in [1.807, 2.05) is 19.1 Å². The third-order valence-electron chi connectivity index (χ3n) is 2.05. The highest BCUT2D eigenvalue weighted by molar-refractivity contribution is 9.10. The molecule has 88 valence electrons. The molecule has 17 heavy (non-hydrogen) atoms. The first-order valence-electron chi connectivity index (χ1n) is 5.00. The van der Waals surface area contributed by atoms with Crippen molar-refractivity contribution in [2.75, 3.05) is 12.4 Å². The zero-order chi connectivity index (χ0) is 12.3. The average Bonchev–Trinajstić information content (AvgIpc) is 2.35. The minimum Gasteiger partial charge on any atom is -0.357 e. The Labute approximate surface area is 112 Å². The van der Waals surface area contributed by atoms with Crippen LogP contribution in [0.1, 0.15) is 5.56 Å². The first-order valence-corrected chi connectivity index (χ1v) is 6.61. The highest BCUT2D eigenvalue weighted by Crippen LogP contribution is 2.27. The van der Waals surface area contributed by atoms with Gasteiger partial charge in [-0.3, -0.25) is 0 Å². The van der Waals surface area contributed by atoms with Gasteiger partial charge in [0.25, 0.3) is 0 Å². The number of halogens is 1. The summed E-state index contributed by atoms with van der Waals surface area (Å²) in [5.74, 6) is 0.621. The van der Waals surface area contributed by atoms with Crippen molar-refractivity contribution in [3.63, 3.8) is 0 Å². The van der Waals surface area contributed by atoms with E-state index in [9.17, 15) is 0 Å². The predicted octanol–water partition coefficient (Wildman–Crippen LogP) is 3.14. The minimum atomic E-state index is 0.621. The van der Waals surface area contributed by atoms with Gasteiger partial charge in [0.05, 0.1) is 0 Å². The Kier molecular flexibility index (Phi) is 3.96. The summed E-state index contributed by atoms with van der Waals surface area (Å²) in [7, 11) is 1.80. The zero-order valence-corrected chi connectivity index (χ0v) is 11.8. The van der Waals surface area contributed by atoms with Crippen molar-refractivity contribution in [1.82, 2.24) is 15.0 Å². The van der Waals surface area contributed by atoms with Crippen LogP contribution in [0.2, 0.25) is 0 Å². The Morgan fingerprint density at radius 1 is 1.24 bits per heavy atom. The van der Waals surface area contributed by atoms with Gasteiger partial charge in [-0.1, -0.05) is 0 Å². The van der Waals surface area contributed by atoms with E-state index < -0.39 is 0 Å². The molecule has 0 bridgehead atoms. The molecule has 2 rings (SSSR count). The van der Waals surface area contributed by atoms with E-state index in [1.54, 1.807) is 19.4 Å². The normalized spacial score (nSPS) is 10.3. The average molecular weight is 311 g/mol. The summed E-state index contributed by atoms with van der Waals surface area (Å²) in [6.07, 6.45) is 3.58. The van der Waals surface area contributed by atoms with Crippen molar-refractivity contribution in [2.45, 2.75) is 17.0 Å². The lowest BCUT2D eigenvalue weighted by atomic mass is 10.4. The summed E-state index contributed by atoms with van der Waals surface area (Å²) in [6, 6.07) is 3.92. The molecule has 0 fully saturated rings. The number of aryl methyl sites for hydroxylation is 1. The largest absolute Gasteiger partial charge is 0.357 e. The Bertz CT molecular complexity index is 515. The summed E-state index contributed by atoms with van der Waals surface area (Å²) >= 11 is 4.89. The molecule has 2 aromatic rings. The fourth-order valence-electron chi connectivity index (χ4n) is 1.17. The van der Waals surface area contributed by atoms with E-state index in [0.717, 1.165) is 20.1 Å². The molecule has 0 saturated heterocycles. The third-order valence-corrected chi connectivity index (χ3v) is 3.58. The molecular weight excluding hydrogens is 300 g/mol. The molecule has 2 heterocycles. The lowest BCUT2D eigenvalue weighted by molar-refractivity contribution is 0.998. The number of rotatable bonds is 3. The van der Waals surface area contributed by atoms with Crippen LogP contribution in [-0.2, 0) is 0 Å². The molecule has 6 heteroatoms. The van der Waals surface area contributed by atoms with Crippen LogP contribution < -0.4 is 5.32 Å². The van der Waals surface area contributed by atoms with Gasteiger partial charge in [-0.15, -0.1) is 0 Å². The molecule has 0 aromatic carbocycles. The van der Waals surface area contributed by atoms with E-state index in [4.69, 9.17) is 0 Å². The van der Waals surface area contributed by atoms with Crippen molar-refractivity contribution in [1.29, 1.82) is 0 Å². The smallest absolute Gasteiger partial charge is 0.223 e. The van der Waals surface area contributed by atoms with Gasteiger partial charge < -0.3 is 5.32 Å². The Hall–Kier alpha value is -1.14. The number of pyridine rings is 1. The van der Waals surface area contributed by atoms with Crippen LogP contribution in [-0.4, -0.2) is 22.0 Å². The summed E-state index contributed by atoms with van der Waals surface area (Å²) in [4.78, 5) is 12.9. The van der Waals surface area contributed by atoms with Crippen molar-refractivity contribution >= 4 is 33.6 Å². The Morgan fingerprint density at radius 2 is 2.06 bits per heavy atom. The topological polar surface area (TPSA) is 50.7 Å². The maximum Gasteiger partial charge on any atom is 0.223 e. The standard InChI is InChI=1S/C11H11BrN4S/c1-7-5-15-11(13-2)16-10(7)17-9-4-3-8(12)6-14-9/h3-6H,1-2H3,(H,13,15,16). The van der Waals surface area contributed by atoms with Crippen molar-refractivity contribution in [3.05, 3.63) is 34.6 Å². The van der Waals surface area contributed by atoms with Gasteiger partial charge in [0.1, 0.15) is 10.1 Å². The quantitative estimate of drug-likeness (QED) is 0.883. The van der Waals surface area contributed by atoms with Crippen molar-refractivity contribution in [3.8, 4) is 0 Å². The number of hydrogen-bond donors (Lipinski definition) is 1. The van der Waals surface area contributed by atoms with Crippen LogP contribution in [0.15, 0.2) is 39.1 Å². The number of aromatic nitrogens is 3. The van der Waals surface area contributed by atoms with Gasteiger partial charge in [0, 0.05) is 29.5 Å². The highest BCUT2D eigenvalue weighted by atomic mass is 79.9. The van der Waals surface area contributed by atoms with Gasteiger partial charge in [-0.25, -0.2) is 15.0 Å². The molecule has 0 unspecified atom stereocenters. The molecule has 2 aromatic heterocycles. The molecule has 0 spiro atoms. The lowest BCUT2D eigenvalue weighted by Gasteiger charge is -2.05. The lowest BCUT2D eigenvalue weighted by Crippen LogP contribution is -1.98. The minimum absolute atomic E-state index is 0.621. The second kappa shape index (κ2) is 5.46. The van der Waals surface area contributed by atoms with Crippen LogP contribution in [0.25, 0.3) is 0 Å². The molecule has 0 radical (unpaired) electrons. The van der Waals surface area contributed by atoms with E-state index in [2.05, 4.69) is 36.2 Å². The first-order chi connectivity index (χ1) is 8.19. The fraction of sp³-hybridized carbons (Fsp3) is 0.182. The second-order valence-corrected chi connectivity index (χ2v) is 5.27. The molecule has 0 aliphatic rings. The SMILES string of the molecule is CNc1ncc(C)c(Sc2ccc(Br)cn2)n1. The van der Waals surface area contributed by atoms with Gasteiger partial charge in [-0.2, -0.15) is 0 Å². The maximum absolute atomic E-state index is 4.40. The zero-order valence-electron chi connectivity index (χ0n) is 9.44. The molecule has 0 aliphatic carbocycles. The van der Waals surface area contributed by atoms with Crippen LogP contribution >= 0.6 is 27.7 Å². The van der Waals surface area contributed by atoms with Crippen LogP contribution in [0.5, 0.6) is 0 Å². The fourth-order valence-corrected chi connectivity index (χ4v) is 2.19. The van der Waals surface area contributed by atoms with Crippen LogP contribution in [0.4, 0.5) is 5.95 Å². The molecule has 0 atom stereocenters. The van der Waals surface area contributed by atoms with Crippen LogP contribution in [0.3, 0.4) is 0 Å². The summed E-state index contributed by atoms with van der Waals surface area (Å²) in [5, 5.41) is 4.76. The number of nitrogens with one attached hydrogen (secondary N) is 1. The van der Waals surface area contributed by atoms with E-state index in [1.165, 1.54) is 11.8 Å². The monoisotopic (exact) mass is 310 g/mol. The molecule has 0 amide bonds. The van der Waals surface area contributed by atoms with Gasteiger partial charge in [0.2, 0.25) is 5.95 Å². The molecule has 0 aliphatic heterocycles. The Morgan fingerprint density at radius 3 is 2.71 bits per heavy atom. The third kappa shape index (κ3) is 3.17. The Balaban J connectivity index is 2.25. The molecule has 1 N–H and O–H groups in total. The van der Waals surface area contributed by atoms with Crippen LogP contribution in [0, 0.1) is 6.92 Å². The molecule has 4 nitrogen and oxygen atoms in total. The van der Waals surface area contributed by atoms with Gasteiger partial charge >= 0.3 is 0 Å². The summed E-state index contributed by atoms with van der Waals surface area (Å²) in [5.41, 5.74) is 1.04. The van der Waals surface area contributed by atoms with Crippen molar-refractivity contribution in [2.24, 2.45) is 0 Å². The van der Waals surface area contributed by atoms with E-state index in [-0.39, 0.29) is 0 Å². The number of nitrogens with zero attached hydrogens (tertiary/aromatic N) is 3. The predicted molar refractivity (Wildman–Crippen MR) is 72.4 cm³/mol. The molecule has 0 saturated carbocycles. The second-order valence-electron chi connectivity index (χ2n) is 3.35. The maximum atomic E-state index is 4.40. The number of hydrogen-bond acceptors (Lipinski definition) is 5. The molecular formula is C11H11BrN4S. The number of anilines is 1. The summed E-state index contributed by atoms with van der Waals surface area (Å²) in [6.45, 7) is 1.99. The summed E-state index contributed by atoms with van der Waals surface area (Å²) < 4.78 is 0.970. The highest BCUT2D eigenvalue weighted by Gasteiger charge is 2.06. The first kappa shape index (κ1) is 12.3. The van der Waals surface area contributed by atoms with E-state index >= 15 is 0 Å². The van der Waals surface area contributed by atoms with E-state index in [0.29, 0.717) is 5.95 Å². The van der Waals surface area contributed by atoms with Gasteiger partial charge in [0.15, 0.2) is 0 Å². The van der Waals surface area contributed by atoms with Gasteiger partial charge in [-0.05, 0) is 46.7 Å². The van der Waals surface area contributed by atoms with Crippen molar-refractivity contribution < 1.29 is 0 Å².